The average Bonchev–Trinajstić information content (AvgIpc) is 2.35. The van der Waals surface area contributed by atoms with Gasteiger partial charge in [-0.3, -0.25) is 0 Å². The number of benzene rings is 1. The van der Waals surface area contributed by atoms with Crippen molar-refractivity contribution in [2.24, 2.45) is 5.41 Å². The predicted molar refractivity (Wildman–Crippen MR) is 80.2 cm³/mol. The zero-order chi connectivity index (χ0) is 14.0. The number of hydrogen-bond acceptors (Lipinski definition) is 2. The van der Waals surface area contributed by atoms with Crippen LogP contribution in [0.4, 0.5) is 0 Å². The molecule has 1 atom stereocenters. The summed E-state index contributed by atoms with van der Waals surface area (Å²) < 4.78 is 11.0. The van der Waals surface area contributed by atoms with Crippen molar-refractivity contribution in [3.8, 4) is 11.5 Å². The van der Waals surface area contributed by atoms with Crippen molar-refractivity contribution in [3.05, 3.63) is 29.8 Å². The molecule has 0 aromatic heterocycles. The molecule has 0 amide bonds. The molecule has 0 saturated carbocycles. The van der Waals surface area contributed by atoms with Gasteiger partial charge in [-0.1, -0.05) is 26.0 Å². The topological polar surface area (TPSA) is 18.5 Å². The Morgan fingerprint density at radius 2 is 1.74 bits per heavy atom. The molecule has 0 heterocycles. The van der Waals surface area contributed by atoms with Crippen molar-refractivity contribution in [1.29, 1.82) is 0 Å². The highest BCUT2D eigenvalue weighted by Crippen LogP contribution is 2.46. The number of alkyl halides is 1. The summed E-state index contributed by atoms with van der Waals surface area (Å²) >= 11 is 6.38. The molecule has 0 spiro atoms. The second-order valence-corrected chi connectivity index (χ2v) is 6.35. The number of hydrogen-bond donors (Lipinski definition) is 0. The number of methoxy groups -OCH3 is 2. The summed E-state index contributed by atoms with van der Waals surface area (Å²) in [6.45, 7) is 4.49. The maximum absolute atomic E-state index is 6.38. The lowest BCUT2D eigenvalue weighted by atomic mass is 9.75. The van der Waals surface area contributed by atoms with Crippen LogP contribution in [0, 0.1) is 5.41 Å². The lowest BCUT2D eigenvalue weighted by Gasteiger charge is -2.33. The Balaban J connectivity index is 2.51. The maximum atomic E-state index is 6.38. The van der Waals surface area contributed by atoms with Crippen LogP contribution in [0.1, 0.15) is 32.3 Å². The Morgan fingerprint density at radius 1 is 1.16 bits per heavy atom. The van der Waals surface area contributed by atoms with E-state index < -0.39 is 0 Å². The summed E-state index contributed by atoms with van der Waals surface area (Å²) in [6.07, 6.45) is 4.11. The molecule has 0 fully saturated rings. The number of halogens is 1. The second kappa shape index (κ2) is 5.46. The van der Waals surface area contributed by atoms with Crippen LogP contribution >= 0.6 is 11.6 Å². The third-order valence-electron chi connectivity index (χ3n) is 3.55. The molecule has 3 heteroatoms. The van der Waals surface area contributed by atoms with E-state index in [0.717, 1.165) is 29.9 Å². The molecule has 104 valence electrons. The highest BCUT2D eigenvalue weighted by molar-refractivity contribution is 6.22. The smallest absolute Gasteiger partial charge is 0.130 e. The van der Waals surface area contributed by atoms with Gasteiger partial charge in [-0.2, -0.15) is 0 Å². The van der Waals surface area contributed by atoms with E-state index in [1.165, 1.54) is 5.57 Å². The van der Waals surface area contributed by atoms with Gasteiger partial charge in [0, 0.05) is 0 Å². The van der Waals surface area contributed by atoms with Gasteiger partial charge in [-0.05, 0) is 36.0 Å². The molecular weight excluding hydrogens is 260 g/mol. The second-order valence-electron chi connectivity index (χ2n) is 5.79. The Hall–Kier alpha value is -1.15. The summed E-state index contributed by atoms with van der Waals surface area (Å²) in [5.74, 6) is 1.68. The molecule has 1 aromatic rings. The van der Waals surface area contributed by atoms with E-state index in [0.29, 0.717) is 0 Å². The van der Waals surface area contributed by atoms with Crippen LogP contribution in [0.25, 0.3) is 5.57 Å². The van der Waals surface area contributed by atoms with Gasteiger partial charge in [-0.25, -0.2) is 0 Å². The Morgan fingerprint density at radius 3 is 2.21 bits per heavy atom. The quantitative estimate of drug-likeness (QED) is 0.758. The molecule has 0 saturated heterocycles. The van der Waals surface area contributed by atoms with Crippen LogP contribution in [0.3, 0.4) is 0 Å². The third-order valence-corrected chi connectivity index (χ3v) is 3.83. The first kappa shape index (κ1) is 14.3. The molecule has 0 bridgehead atoms. The fraction of sp³-hybridized carbons (Fsp3) is 0.500. The van der Waals surface area contributed by atoms with Crippen LogP contribution in [-0.4, -0.2) is 19.6 Å². The van der Waals surface area contributed by atoms with Crippen molar-refractivity contribution in [1.82, 2.24) is 0 Å². The molecule has 1 aliphatic carbocycles. The van der Waals surface area contributed by atoms with Crippen LogP contribution in [0.2, 0.25) is 0 Å². The van der Waals surface area contributed by atoms with Gasteiger partial charge in [0.15, 0.2) is 0 Å². The summed E-state index contributed by atoms with van der Waals surface area (Å²) in [4.78, 5) is 0. The van der Waals surface area contributed by atoms with Crippen LogP contribution < -0.4 is 9.47 Å². The monoisotopic (exact) mass is 280 g/mol. The van der Waals surface area contributed by atoms with E-state index in [1.54, 1.807) is 14.2 Å². The molecule has 1 aromatic carbocycles. The number of allylic oxidation sites excluding steroid dienone is 2. The molecule has 0 N–H and O–H groups in total. The van der Waals surface area contributed by atoms with Crippen LogP contribution in [-0.2, 0) is 0 Å². The molecule has 0 aliphatic heterocycles. The summed E-state index contributed by atoms with van der Waals surface area (Å²) in [5.41, 5.74) is 2.44. The summed E-state index contributed by atoms with van der Waals surface area (Å²) in [5, 5.41) is 0.0633. The summed E-state index contributed by atoms with van der Waals surface area (Å²) in [6, 6.07) is 5.86. The van der Waals surface area contributed by atoms with Gasteiger partial charge in [0.05, 0.1) is 25.2 Å². The van der Waals surface area contributed by atoms with Crippen molar-refractivity contribution in [2.45, 2.75) is 32.1 Å². The Labute approximate surface area is 120 Å². The van der Waals surface area contributed by atoms with Crippen molar-refractivity contribution in [2.75, 3.05) is 14.2 Å². The van der Waals surface area contributed by atoms with Crippen molar-refractivity contribution in [3.63, 3.8) is 0 Å². The highest BCUT2D eigenvalue weighted by atomic mass is 35.5. The third kappa shape index (κ3) is 3.06. The first-order valence-electron chi connectivity index (χ1n) is 6.53. The van der Waals surface area contributed by atoms with E-state index in [-0.39, 0.29) is 10.8 Å². The SMILES string of the molecule is COc1cccc(OC)c1C1=CC(Cl)CC(C)(C)C1. The lowest BCUT2D eigenvalue weighted by molar-refractivity contribution is 0.337. The molecular formula is C16H21ClO2. The standard InChI is InChI=1S/C16H21ClO2/c1-16(2)9-11(8-12(17)10-16)15-13(18-3)6-5-7-14(15)19-4/h5-8,12H,9-10H2,1-4H3. The zero-order valence-electron chi connectivity index (χ0n) is 12.0. The van der Waals surface area contributed by atoms with Crippen LogP contribution in [0.15, 0.2) is 24.3 Å². The van der Waals surface area contributed by atoms with E-state index >= 15 is 0 Å². The minimum absolute atomic E-state index is 0.0633. The summed E-state index contributed by atoms with van der Waals surface area (Å²) in [7, 11) is 3.37. The van der Waals surface area contributed by atoms with E-state index in [4.69, 9.17) is 21.1 Å². The Bertz CT molecular complexity index is 469. The molecule has 1 unspecified atom stereocenters. The molecule has 1 aliphatic rings. The van der Waals surface area contributed by atoms with Gasteiger partial charge in [0.2, 0.25) is 0 Å². The van der Waals surface area contributed by atoms with Gasteiger partial charge < -0.3 is 9.47 Å². The average molecular weight is 281 g/mol. The van der Waals surface area contributed by atoms with Gasteiger partial charge >= 0.3 is 0 Å². The van der Waals surface area contributed by atoms with Crippen molar-refractivity contribution >= 4 is 17.2 Å². The maximum Gasteiger partial charge on any atom is 0.130 e. The predicted octanol–water partition coefficient (Wildman–Crippen LogP) is 4.51. The zero-order valence-corrected chi connectivity index (χ0v) is 12.8. The molecule has 2 rings (SSSR count). The highest BCUT2D eigenvalue weighted by Gasteiger charge is 2.30. The number of rotatable bonds is 3. The lowest BCUT2D eigenvalue weighted by Crippen LogP contribution is -2.22. The van der Waals surface area contributed by atoms with E-state index in [1.807, 2.05) is 18.2 Å². The van der Waals surface area contributed by atoms with E-state index in [9.17, 15) is 0 Å². The minimum Gasteiger partial charge on any atom is -0.496 e. The van der Waals surface area contributed by atoms with Gasteiger partial charge in [0.25, 0.3) is 0 Å². The number of ether oxygens (including phenoxy) is 2. The first-order valence-corrected chi connectivity index (χ1v) is 6.96. The molecule has 2 nitrogen and oxygen atoms in total. The van der Waals surface area contributed by atoms with E-state index in [2.05, 4.69) is 19.9 Å². The largest absolute Gasteiger partial charge is 0.496 e. The minimum atomic E-state index is 0.0633. The van der Waals surface area contributed by atoms with Gasteiger partial charge in [0.1, 0.15) is 11.5 Å². The van der Waals surface area contributed by atoms with Gasteiger partial charge in [-0.15, -0.1) is 11.6 Å². The Kier molecular flexibility index (Phi) is 4.10. The normalized spacial score (nSPS) is 21.7. The fourth-order valence-electron chi connectivity index (χ4n) is 2.79. The molecule has 0 radical (unpaired) electrons. The van der Waals surface area contributed by atoms with Crippen molar-refractivity contribution < 1.29 is 9.47 Å². The first-order chi connectivity index (χ1) is 8.96. The fourth-order valence-corrected chi connectivity index (χ4v) is 3.36. The van der Waals surface area contributed by atoms with Crippen LogP contribution in [0.5, 0.6) is 11.5 Å². The molecule has 19 heavy (non-hydrogen) atoms.